The summed E-state index contributed by atoms with van der Waals surface area (Å²) in [4.78, 5) is 25.0. The zero-order chi connectivity index (χ0) is 15.9. The Bertz CT molecular complexity index is 545. The van der Waals surface area contributed by atoms with E-state index in [1.807, 2.05) is 13.0 Å². The molecule has 1 heterocycles. The van der Waals surface area contributed by atoms with Crippen molar-refractivity contribution in [1.82, 2.24) is 5.32 Å². The largest absolute Gasteiger partial charge is 0.454 e. The third-order valence-electron chi connectivity index (χ3n) is 3.46. The minimum Gasteiger partial charge on any atom is -0.454 e. The molecule has 0 saturated heterocycles. The van der Waals surface area contributed by atoms with Crippen molar-refractivity contribution in [1.29, 1.82) is 0 Å². The molecule has 0 aliphatic carbocycles. The molecule has 6 nitrogen and oxygen atoms in total. The van der Waals surface area contributed by atoms with E-state index in [-0.39, 0.29) is 18.6 Å². The van der Waals surface area contributed by atoms with Gasteiger partial charge < -0.3 is 19.7 Å². The van der Waals surface area contributed by atoms with Crippen molar-refractivity contribution in [2.24, 2.45) is 0 Å². The lowest BCUT2D eigenvalue weighted by molar-refractivity contribution is -0.121. The fourth-order valence-corrected chi connectivity index (χ4v) is 2.25. The first kappa shape index (κ1) is 16.1. The second kappa shape index (κ2) is 7.68. The Labute approximate surface area is 130 Å². The summed E-state index contributed by atoms with van der Waals surface area (Å²) < 4.78 is 10.6. The van der Waals surface area contributed by atoms with E-state index < -0.39 is 0 Å². The van der Waals surface area contributed by atoms with Crippen LogP contribution >= 0.6 is 0 Å². The van der Waals surface area contributed by atoms with Gasteiger partial charge in [0.15, 0.2) is 11.5 Å². The van der Waals surface area contributed by atoms with E-state index >= 15 is 0 Å². The maximum Gasteiger partial charge on any atom is 0.231 e. The Morgan fingerprint density at radius 3 is 2.77 bits per heavy atom. The van der Waals surface area contributed by atoms with Crippen molar-refractivity contribution >= 4 is 17.5 Å². The van der Waals surface area contributed by atoms with Gasteiger partial charge in [0.2, 0.25) is 18.6 Å². The van der Waals surface area contributed by atoms with E-state index in [2.05, 4.69) is 5.32 Å². The van der Waals surface area contributed by atoms with Crippen molar-refractivity contribution in [3.05, 3.63) is 18.2 Å². The van der Waals surface area contributed by atoms with Gasteiger partial charge in [0.1, 0.15) is 0 Å². The second-order valence-electron chi connectivity index (χ2n) is 5.16. The second-order valence-corrected chi connectivity index (χ2v) is 5.16. The minimum atomic E-state index is -0.0818. The average Bonchev–Trinajstić information content (AvgIpc) is 2.96. The Morgan fingerprint density at radius 1 is 1.27 bits per heavy atom. The molecule has 0 bridgehead atoms. The van der Waals surface area contributed by atoms with Crippen LogP contribution in [-0.4, -0.2) is 31.7 Å². The number of carbonyl (C=O) groups is 2. The molecule has 2 rings (SSSR count). The highest BCUT2D eigenvalue weighted by Crippen LogP contribution is 2.35. The van der Waals surface area contributed by atoms with Crippen molar-refractivity contribution in [2.75, 3.05) is 24.8 Å². The van der Waals surface area contributed by atoms with E-state index in [0.29, 0.717) is 31.0 Å². The molecule has 1 aliphatic heterocycles. The van der Waals surface area contributed by atoms with Gasteiger partial charge in [-0.05, 0) is 18.6 Å². The van der Waals surface area contributed by atoms with E-state index in [0.717, 1.165) is 18.5 Å². The highest BCUT2D eigenvalue weighted by atomic mass is 16.7. The standard InChI is InChI=1S/C16H22N2O4/c1-3-4-5-16(20)17-8-9-18(12(2)19)13-6-7-14-15(10-13)22-11-21-14/h6-7,10H,3-5,8-9,11H2,1-2H3,(H,17,20). The van der Waals surface area contributed by atoms with Crippen molar-refractivity contribution in [3.8, 4) is 11.5 Å². The van der Waals surface area contributed by atoms with Crippen LogP contribution in [0.5, 0.6) is 11.5 Å². The fraction of sp³-hybridized carbons (Fsp3) is 0.500. The van der Waals surface area contributed by atoms with Gasteiger partial charge in [-0.1, -0.05) is 13.3 Å². The number of hydrogen-bond acceptors (Lipinski definition) is 4. The van der Waals surface area contributed by atoms with E-state index in [4.69, 9.17) is 9.47 Å². The Hall–Kier alpha value is -2.24. The molecule has 120 valence electrons. The molecule has 1 aromatic rings. The maximum absolute atomic E-state index is 11.8. The number of anilines is 1. The van der Waals surface area contributed by atoms with Gasteiger partial charge in [-0.3, -0.25) is 9.59 Å². The normalized spacial score (nSPS) is 12.1. The monoisotopic (exact) mass is 306 g/mol. The number of hydrogen-bond donors (Lipinski definition) is 1. The van der Waals surface area contributed by atoms with Gasteiger partial charge in [-0.2, -0.15) is 0 Å². The number of amides is 2. The summed E-state index contributed by atoms with van der Waals surface area (Å²) in [6, 6.07) is 5.38. The molecule has 0 saturated carbocycles. The topological polar surface area (TPSA) is 67.9 Å². The molecule has 0 spiro atoms. The molecule has 0 aromatic heterocycles. The summed E-state index contributed by atoms with van der Waals surface area (Å²) >= 11 is 0. The van der Waals surface area contributed by atoms with Gasteiger partial charge in [-0.15, -0.1) is 0 Å². The Balaban J connectivity index is 1.93. The number of nitrogens with zero attached hydrogens (tertiary/aromatic N) is 1. The highest BCUT2D eigenvalue weighted by molar-refractivity contribution is 5.92. The minimum absolute atomic E-state index is 0.0241. The SMILES string of the molecule is CCCCC(=O)NCCN(C(C)=O)c1ccc2c(c1)OCO2. The van der Waals surface area contributed by atoms with Crippen LogP contribution in [0.1, 0.15) is 33.1 Å². The van der Waals surface area contributed by atoms with Crippen LogP contribution in [0.25, 0.3) is 0 Å². The molecule has 6 heteroatoms. The number of benzene rings is 1. The van der Waals surface area contributed by atoms with Crippen LogP contribution in [0.3, 0.4) is 0 Å². The molecule has 0 radical (unpaired) electrons. The van der Waals surface area contributed by atoms with E-state index in [1.54, 1.807) is 17.0 Å². The zero-order valence-electron chi connectivity index (χ0n) is 13.1. The molecule has 1 aliphatic rings. The summed E-state index contributed by atoms with van der Waals surface area (Å²) in [5.74, 6) is 1.26. The van der Waals surface area contributed by atoms with E-state index in [1.165, 1.54) is 6.92 Å². The predicted octanol–water partition coefficient (Wildman–Crippen LogP) is 2.07. The molecule has 2 amide bonds. The van der Waals surface area contributed by atoms with Crippen LogP contribution in [0, 0.1) is 0 Å². The number of unbranched alkanes of at least 4 members (excludes halogenated alkanes) is 1. The molecule has 1 aromatic carbocycles. The lowest BCUT2D eigenvalue weighted by Gasteiger charge is -2.21. The Morgan fingerprint density at radius 2 is 2.05 bits per heavy atom. The van der Waals surface area contributed by atoms with Gasteiger partial charge in [0, 0.05) is 38.2 Å². The summed E-state index contributed by atoms with van der Waals surface area (Å²) in [6.45, 7) is 4.60. The van der Waals surface area contributed by atoms with Crippen molar-refractivity contribution in [2.45, 2.75) is 33.1 Å². The van der Waals surface area contributed by atoms with Gasteiger partial charge in [-0.25, -0.2) is 0 Å². The lowest BCUT2D eigenvalue weighted by atomic mass is 10.2. The molecule has 0 atom stereocenters. The summed E-state index contributed by atoms with van der Waals surface area (Å²) in [6.07, 6.45) is 2.40. The van der Waals surface area contributed by atoms with Crippen LogP contribution < -0.4 is 19.7 Å². The first-order valence-electron chi connectivity index (χ1n) is 7.56. The smallest absolute Gasteiger partial charge is 0.231 e. The van der Waals surface area contributed by atoms with Gasteiger partial charge in [0.05, 0.1) is 0 Å². The first-order chi connectivity index (χ1) is 10.6. The third-order valence-corrected chi connectivity index (χ3v) is 3.46. The van der Waals surface area contributed by atoms with Crippen LogP contribution in [0.2, 0.25) is 0 Å². The first-order valence-corrected chi connectivity index (χ1v) is 7.56. The summed E-state index contributed by atoms with van der Waals surface area (Å²) in [7, 11) is 0. The van der Waals surface area contributed by atoms with Gasteiger partial charge >= 0.3 is 0 Å². The number of nitrogens with one attached hydrogen (secondary N) is 1. The molecular weight excluding hydrogens is 284 g/mol. The number of carbonyl (C=O) groups excluding carboxylic acids is 2. The maximum atomic E-state index is 11.8. The summed E-state index contributed by atoms with van der Waals surface area (Å²) in [5.41, 5.74) is 0.736. The number of ether oxygens (including phenoxy) is 2. The number of rotatable bonds is 7. The van der Waals surface area contributed by atoms with Crippen LogP contribution in [-0.2, 0) is 9.59 Å². The third kappa shape index (κ3) is 4.13. The fourth-order valence-electron chi connectivity index (χ4n) is 2.25. The van der Waals surface area contributed by atoms with Crippen LogP contribution in [0.15, 0.2) is 18.2 Å². The Kier molecular flexibility index (Phi) is 5.63. The lowest BCUT2D eigenvalue weighted by Crippen LogP contribution is -2.37. The molecule has 0 fully saturated rings. The molecular formula is C16H22N2O4. The molecule has 1 N–H and O–H groups in total. The van der Waals surface area contributed by atoms with E-state index in [9.17, 15) is 9.59 Å². The predicted molar refractivity (Wildman–Crippen MR) is 83.1 cm³/mol. The van der Waals surface area contributed by atoms with Crippen molar-refractivity contribution in [3.63, 3.8) is 0 Å². The van der Waals surface area contributed by atoms with Gasteiger partial charge in [0.25, 0.3) is 0 Å². The highest BCUT2D eigenvalue weighted by Gasteiger charge is 2.18. The quantitative estimate of drug-likeness (QED) is 0.837. The molecule has 0 unspecified atom stereocenters. The molecule has 22 heavy (non-hydrogen) atoms. The zero-order valence-corrected chi connectivity index (χ0v) is 13.1. The van der Waals surface area contributed by atoms with Crippen LogP contribution in [0.4, 0.5) is 5.69 Å². The number of fused-ring (bicyclic) bond motifs is 1. The average molecular weight is 306 g/mol. The van der Waals surface area contributed by atoms with Crippen molar-refractivity contribution < 1.29 is 19.1 Å². The summed E-state index contributed by atoms with van der Waals surface area (Å²) in [5, 5.41) is 2.84.